The van der Waals surface area contributed by atoms with Crippen molar-refractivity contribution in [1.29, 1.82) is 0 Å². The van der Waals surface area contributed by atoms with Crippen LogP contribution in [-0.4, -0.2) is 24.2 Å². The van der Waals surface area contributed by atoms with Gasteiger partial charge in [-0.1, -0.05) is 0 Å². The zero-order chi connectivity index (χ0) is 22.8. The normalized spacial score (nSPS) is 15.1. The van der Waals surface area contributed by atoms with Crippen LogP contribution in [-0.2, 0) is 12.4 Å². The van der Waals surface area contributed by atoms with Gasteiger partial charge in [-0.2, -0.15) is 26.3 Å². The maximum atomic E-state index is 13.4. The van der Waals surface area contributed by atoms with Gasteiger partial charge in [0.1, 0.15) is 0 Å². The average Bonchev–Trinajstić information content (AvgIpc) is 2.71. The Morgan fingerprint density at radius 1 is 0.935 bits per heavy atom. The Morgan fingerprint density at radius 3 is 2.19 bits per heavy atom. The minimum absolute atomic E-state index is 0.00979. The number of carboxylic acids is 1. The molecule has 0 spiro atoms. The fraction of sp³-hybridized carbons (Fsp3) is 0.350. The number of alkyl halides is 6. The van der Waals surface area contributed by atoms with E-state index in [1.807, 2.05) is 4.90 Å². The summed E-state index contributed by atoms with van der Waals surface area (Å²) < 4.78 is 82.3. The van der Waals surface area contributed by atoms with E-state index in [0.717, 1.165) is 43.5 Å². The predicted molar refractivity (Wildman–Crippen MR) is 105 cm³/mol. The highest BCUT2D eigenvalue weighted by Gasteiger charge is 2.35. The van der Waals surface area contributed by atoms with E-state index in [2.05, 4.69) is 4.72 Å². The molecule has 3 rings (SSSR count). The van der Waals surface area contributed by atoms with Crippen LogP contribution in [0.4, 0.5) is 37.7 Å². The molecule has 0 aromatic heterocycles. The molecule has 0 saturated carbocycles. The zero-order valence-electron chi connectivity index (χ0n) is 16.0. The summed E-state index contributed by atoms with van der Waals surface area (Å²) >= 11 is 0.429. The highest BCUT2D eigenvalue weighted by Crippen LogP contribution is 2.41. The van der Waals surface area contributed by atoms with Crippen LogP contribution >= 0.6 is 11.9 Å². The van der Waals surface area contributed by atoms with Gasteiger partial charge in [0.15, 0.2) is 0 Å². The van der Waals surface area contributed by atoms with Crippen LogP contribution in [0.1, 0.15) is 40.7 Å². The van der Waals surface area contributed by atoms with Gasteiger partial charge in [0, 0.05) is 18.0 Å². The van der Waals surface area contributed by atoms with Gasteiger partial charge in [-0.25, -0.2) is 4.79 Å². The predicted octanol–water partition coefficient (Wildman–Crippen LogP) is 6.53. The Morgan fingerprint density at radius 2 is 1.61 bits per heavy atom. The number of rotatable bonds is 5. The lowest BCUT2D eigenvalue weighted by Crippen LogP contribution is -2.30. The van der Waals surface area contributed by atoms with Crippen LogP contribution in [0.15, 0.2) is 41.3 Å². The zero-order valence-corrected chi connectivity index (χ0v) is 16.8. The van der Waals surface area contributed by atoms with Gasteiger partial charge in [0.2, 0.25) is 0 Å². The summed E-state index contributed by atoms with van der Waals surface area (Å²) in [4.78, 5) is 12.6. The van der Waals surface area contributed by atoms with Crippen molar-refractivity contribution in [2.45, 2.75) is 36.5 Å². The molecule has 0 bridgehead atoms. The SMILES string of the molecule is O=C(O)c1ccc(C(F)(F)F)c(SNc2cc(C(F)(F)F)ccc2N2CCCCC2)c1. The maximum Gasteiger partial charge on any atom is 0.417 e. The first kappa shape index (κ1) is 23.1. The number of piperidine rings is 1. The lowest BCUT2D eigenvalue weighted by atomic mass is 10.1. The van der Waals surface area contributed by atoms with E-state index in [9.17, 15) is 31.1 Å². The number of halogens is 6. The molecule has 0 unspecified atom stereocenters. The number of nitrogens with zero attached hydrogens (tertiary/aromatic N) is 1. The van der Waals surface area contributed by atoms with E-state index in [0.29, 0.717) is 36.8 Å². The fourth-order valence-electron chi connectivity index (χ4n) is 3.29. The molecule has 168 valence electrons. The Kier molecular flexibility index (Phi) is 6.63. The van der Waals surface area contributed by atoms with Gasteiger partial charge in [-0.15, -0.1) is 0 Å². The smallest absolute Gasteiger partial charge is 0.417 e. The van der Waals surface area contributed by atoms with Gasteiger partial charge in [0.25, 0.3) is 0 Å². The molecule has 0 atom stereocenters. The van der Waals surface area contributed by atoms with Crippen LogP contribution in [0.3, 0.4) is 0 Å². The molecule has 31 heavy (non-hydrogen) atoms. The topological polar surface area (TPSA) is 52.6 Å². The number of carbonyl (C=O) groups is 1. The molecular weight excluding hydrogens is 446 g/mol. The first-order valence-electron chi connectivity index (χ1n) is 9.30. The standard InChI is InChI=1S/C20H18F6N2O2S/c21-19(22,23)13-5-7-16(28-8-2-1-3-9-28)15(11-13)27-31-17-10-12(18(29)30)4-6-14(17)20(24,25)26/h4-7,10-11,27H,1-3,8-9H2,(H,29,30). The van der Waals surface area contributed by atoms with Crippen molar-refractivity contribution in [1.82, 2.24) is 0 Å². The van der Waals surface area contributed by atoms with Gasteiger partial charge in [-0.05, 0) is 67.6 Å². The minimum atomic E-state index is -4.76. The molecule has 1 fully saturated rings. The second kappa shape index (κ2) is 8.89. The van der Waals surface area contributed by atoms with Crippen molar-refractivity contribution >= 4 is 29.3 Å². The maximum absolute atomic E-state index is 13.4. The molecule has 1 aliphatic heterocycles. The minimum Gasteiger partial charge on any atom is -0.478 e. The molecule has 0 radical (unpaired) electrons. The van der Waals surface area contributed by atoms with Crippen LogP contribution in [0, 0.1) is 0 Å². The summed E-state index contributed by atoms with van der Waals surface area (Å²) in [7, 11) is 0. The molecule has 1 aliphatic rings. The van der Waals surface area contributed by atoms with E-state index in [1.165, 1.54) is 6.07 Å². The van der Waals surface area contributed by atoms with Crippen molar-refractivity contribution in [3.05, 3.63) is 53.1 Å². The van der Waals surface area contributed by atoms with E-state index in [-0.39, 0.29) is 11.3 Å². The molecular formula is C20H18F6N2O2S. The van der Waals surface area contributed by atoms with E-state index in [1.54, 1.807) is 0 Å². The van der Waals surface area contributed by atoms with Crippen LogP contribution < -0.4 is 9.62 Å². The highest BCUT2D eigenvalue weighted by atomic mass is 32.2. The lowest BCUT2D eigenvalue weighted by Gasteiger charge is -2.31. The molecule has 2 aromatic rings. The summed E-state index contributed by atoms with van der Waals surface area (Å²) in [5, 5.41) is 9.09. The number of anilines is 2. The molecule has 2 N–H and O–H groups in total. The lowest BCUT2D eigenvalue weighted by molar-refractivity contribution is -0.140. The molecule has 11 heteroatoms. The molecule has 1 saturated heterocycles. The second-order valence-electron chi connectivity index (χ2n) is 7.00. The fourth-order valence-corrected chi connectivity index (χ4v) is 4.15. The van der Waals surface area contributed by atoms with Crippen molar-refractivity contribution < 1.29 is 36.2 Å². The summed E-state index contributed by atoms with van der Waals surface area (Å²) in [5.74, 6) is -1.41. The number of hydrogen-bond acceptors (Lipinski definition) is 4. The summed E-state index contributed by atoms with van der Waals surface area (Å²) in [5.41, 5.74) is -1.93. The molecule has 0 aliphatic carbocycles. The Bertz CT molecular complexity index is 956. The summed E-state index contributed by atoms with van der Waals surface area (Å²) in [6.45, 7) is 1.24. The largest absolute Gasteiger partial charge is 0.478 e. The third-order valence-corrected chi connectivity index (χ3v) is 5.71. The van der Waals surface area contributed by atoms with Crippen LogP contribution in [0.5, 0.6) is 0 Å². The summed E-state index contributed by atoms with van der Waals surface area (Å²) in [6, 6.07) is 5.41. The van der Waals surface area contributed by atoms with Crippen molar-refractivity contribution in [3.8, 4) is 0 Å². The van der Waals surface area contributed by atoms with E-state index >= 15 is 0 Å². The molecule has 2 aromatic carbocycles. The number of benzene rings is 2. The Balaban J connectivity index is 1.98. The quantitative estimate of drug-likeness (QED) is 0.389. The number of nitrogens with one attached hydrogen (secondary N) is 1. The highest BCUT2D eigenvalue weighted by molar-refractivity contribution is 8.00. The van der Waals surface area contributed by atoms with Crippen molar-refractivity contribution in [2.75, 3.05) is 22.7 Å². The van der Waals surface area contributed by atoms with Gasteiger partial charge in [0.05, 0.1) is 28.1 Å². The first-order valence-corrected chi connectivity index (χ1v) is 10.1. The molecule has 4 nitrogen and oxygen atoms in total. The van der Waals surface area contributed by atoms with Crippen LogP contribution in [0.2, 0.25) is 0 Å². The third-order valence-electron chi connectivity index (χ3n) is 4.83. The Hall–Kier alpha value is -2.56. The average molecular weight is 464 g/mol. The monoisotopic (exact) mass is 464 g/mol. The summed E-state index contributed by atoms with van der Waals surface area (Å²) in [6.07, 6.45) is -6.68. The Labute approximate surface area is 178 Å². The first-order chi connectivity index (χ1) is 14.5. The van der Waals surface area contributed by atoms with Gasteiger partial charge in [-0.3, -0.25) is 0 Å². The number of aromatic carboxylic acids is 1. The molecule has 0 amide bonds. The van der Waals surface area contributed by atoms with Gasteiger partial charge >= 0.3 is 18.3 Å². The van der Waals surface area contributed by atoms with Crippen LogP contribution in [0.25, 0.3) is 0 Å². The third kappa shape index (κ3) is 5.57. The van der Waals surface area contributed by atoms with E-state index < -0.39 is 34.3 Å². The molecule has 1 heterocycles. The van der Waals surface area contributed by atoms with Crippen molar-refractivity contribution in [3.63, 3.8) is 0 Å². The number of hydrogen-bond donors (Lipinski definition) is 2. The van der Waals surface area contributed by atoms with Gasteiger partial charge < -0.3 is 14.7 Å². The second-order valence-corrected chi connectivity index (χ2v) is 7.84. The van der Waals surface area contributed by atoms with Crippen molar-refractivity contribution in [2.24, 2.45) is 0 Å². The number of carboxylic acid groups (broad SMARTS) is 1. The van der Waals surface area contributed by atoms with E-state index in [4.69, 9.17) is 5.11 Å².